The number of fused-ring (bicyclic) bond motifs is 3. The van der Waals surface area contributed by atoms with Gasteiger partial charge in [0, 0.05) is 23.5 Å². The molecular formula is C18H17Cl2N3O2. The van der Waals surface area contributed by atoms with E-state index < -0.39 is 0 Å². The van der Waals surface area contributed by atoms with Gasteiger partial charge in [-0.15, -0.1) is 17.3 Å². The number of aromatic nitrogens is 1. The molecule has 1 aliphatic rings. The monoisotopic (exact) mass is 377 g/mol. The quantitative estimate of drug-likeness (QED) is 0.617. The van der Waals surface area contributed by atoms with E-state index >= 15 is 0 Å². The van der Waals surface area contributed by atoms with Crippen LogP contribution in [-0.2, 0) is 13.0 Å². The molecule has 0 fully saturated rings. The highest BCUT2D eigenvalue weighted by Crippen LogP contribution is 2.43. The van der Waals surface area contributed by atoms with E-state index in [-0.39, 0.29) is 24.0 Å². The highest BCUT2D eigenvalue weighted by atomic mass is 35.5. The number of aromatic amines is 1. The second-order valence-corrected chi connectivity index (χ2v) is 6.65. The molecule has 0 amide bonds. The van der Waals surface area contributed by atoms with Crippen LogP contribution in [0.5, 0.6) is 5.88 Å². The third-order valence-corrected chi connectivity index (χ3v) is 4.94. The van der Waals surface area contributed by atoms with Gasteiger partial charge in [0.05, 0.1) is 5.52 Å². The van der Waals surface area contributed by atoms with Crippen molar-refractivity contribution in [3.63, 3.8) is 0 Å². The molecule has 4 rings (SSSR count). The number of hydrogen-bond donors (Lipinski definition) is 2. The van der Waals surface area contributed by atoms with Crippen LogP contribution < -0.4 is 0 Å². The summed E-state index contributed by atoms with van der Waals surface area (Å²) < 4.78 is 0. The SMILES string of the molecule is CN1CCc2c(-c3ccc(Cl)cc3)cc3c(N=O)c(O)[nH]c3c2C1.Cl. The number of aromatic hydroxyl groups is 1. The number of nitrogens with one attached hydrogen (secondary N) is 1. The van der Waals surface area contributed by atoms with Crippen molar-refractivity contribution < 1.29 is 5.11 Å². The van der Waals surface area contributed by atoms with Gasteiger partial charge in [-0.2, -0.15) is 0 Å². The molecule has 1 aromatic heterocycles. The minimum absolute atomic E-state index is 0. The van der Waals surface area contributed by atoms with Crippen LogP contribution in [0.2, 0.25) is 5.02 Å². The molecule has 2 heterocycles. The lowest BCUT2D eigenvalue weighted by atomic mass is 9.89. The molecule has 2 N–H and O–H groups in total. The van der Waals surface area contributed by atoms with Crippen LogP contribution >= 0.6 is 24.0 Å². The molecule has 2 aromatic carbocycles. The van der Waals surface area contributed by atoms with Crippen molar-refractivity contribution in [1.29, 1.82) is 0 Å². The molecule has 0 unspecified atom stereocenters. The molecule has 1 aliphatic heterocycles. The van der Waals surface area contributed by atoms with Gasteiger partial charge in [-0.1, -0.05) is 23.7 Å². The first kappa shape index (κ1) is 17.7. The Kier molecular flexibility index (Phi) is 4.73. The Morgan fingerprint density at radius 2 is 1.96 bits per heavy atom. The Hall–Kier alpha value is -2.08. The third-order valence-electron chi connectivity index (χ3n) is 4.69. The fourth-order valence-corrected chi connectivity index (χ4v) is 3.63. The standard InChI is InChI=1S/C18H16ClN3O2.ClH/c1-22-7-6-12-13(10-2-4-11(19)5-3-10)8-14-16(15(12)9-22)20-18(23)17(14)21-24;/h2-5,8,20,23H,6-7,9H2,1H3;1H. The maximum Gasteiger partial charge on any atom is 0.219 e. The van der Waals surface area contributed by atoms with E-state index in [1.165, 1.54) is 5.56 Å². The molecule has 0 spiro atoms. The lowest BCUT2D eigenvalue weighted by Crippen LogP contribution is -2.27. The van der Waals surface area contributed by atoms with Gasteiger partial charge < -0.3 is 15.0 Å². The van der Waals surface area contributed by atoms with Gasteiger partial charge in [0.1, 0.15) is 0 Å². The molecule has 5 nitrogen and oxygen atoms in total. The van der Waals surface area contributed by atoms with E-state index in [4.69, 9.17) is 11.6 Å². The van der Waals surface area contributed by atoms with Crippen molar-refractivity contribution in [2.24, 2.45) is 5.18 Å². The van der Waals surface area contributed by atoms with Crippen LogP contribution in [0.3, 0.4) is 0 Å². The zero-order valence-corrected chi connectivity index (χ0v) is 15.1. The van der Waals surface area contributed by atoms with E-state index in [2.05, 4.69) is 22.1 Å². The van der Waals surface area contributed by atoms with Crippen LogP contribution in [0.25, 0.3) is 22.0 Å². The predicted molar refractivity (Wildman–Crippen MR) is 103 cm³/mol. The van der Waals surface area contributed by atoms with Crippen molar-refractivity contribution in [2.75, 3.05) is 13.6 Å². The zero-order valence-electron chi connectivity index (χ0n) is 13.5. The van der Waals surface area contributed by atoms with Gasteiger partial charge in [0.2, 0.25) is 5.88 Å². The molecular weight excluding hydrogens is 361 g/mol. The minimum atomic E-state index is -0.177. The van der Waals surface area contributed by atoms with Crippen LogP contribution in [0.15, 0.2) is 35.5 Å². The van der Waals surface area contributed by atoms with Gasteiger partial charge in [0.25, 0.3) is 0 Å². The molecule has 0 atom stereocenters. The number of benzene rings is 2. The van der Waals surface area contributed by atoms with Crippen molar-refractivity contribution in [1.82, 2.24) is 9.88 Å². The van der Waals surface area contributed by atoms with Crippen LogP contribution in [0.1, 0.15) is 11.1 Å². The minimum Gasteiger partial charge on any atom is -0.493 e. The predicted octanol–water partition coefficient (Wildman–Crippen LogP) is 5.00. The van der Waals surface area contributed by atoms with Crippen LogP contribution in [0, 0.1) is 4.91 Å². The number of rotatable bonds is 2. The lowest BCUT2D eigenvalue weighted by Gasteiger charge is -2.27. The number of hydrogen-bond acceptors (Lipinski definition) is 4. The molecule has 130 valence electrons. The van der Waals surface area contributed by atoms with Crippen molar-refractivity contribution in [3.05, 3.63) is 51.4 Å². The van der Waals surface area contributed by atoms with E-state index in [0.29, 0.717) is 10.4 Å². The summed E-state index contributed by atoms with van der Waals surface area (Å²) >= 11 is 6.01. The Labute approximate surface area is 156 Å². The summed E-state index contributed by atoms with van der Waals surface area (Å²) in [6.07, 6.45) is 0.906. The van der Waals surface area contributed by atoms with Crippen molar-refractivity contribution in [2.45, 2.75) is 13.0 Å². The molecule has 0 aliphatic carbocycles. The van der Waals surface area contributed by atoms with E-state index in [1.54, 1.807) is 0 Å². The molecule has 0 saturated heterocycles. The smallest absolute Gasteiger partial charge is 0.219 e. The number of halogens is 2. The van der Waals surface area contributed by atoms with Crippen LogP contribution in [0.4, 0.5) is 5.69 Å². The number of likely N-dealkylation sites (N-methyl/N-ethyl adjacent to an activating group) is 1. The number of nitroso groups, excluding NO2 is 1. The average molecular weight is 378 g/mol. The number of nitrogens with zero attached hydrogens (tertiary/aromatic N) is 2. The normalized spacial score (nSPS) is 14.2. The van der Waals surface area contributed by atoms with E-state index in [9.17, 15) is 10.0 Å². The van der Waals surface area contributed by atoms with Crippen LogP contribution in [-0.4, -0.2) is 28.6 Å². The maximum absolute atomic E-state index is 11.2. The van der Waals surface area contributed by atoms with Gasteiger partial charge in [-0.3, -0.25) is 0 Å². The summed E-state index contributed by atoms with van der Waals surface area (Å²) in [4.78, 5) is 16.3. The molecule has 0 saturated carbocycles. The average Bonchev–Trinajstić information content (AvgIpc) is 2.90. The van der Waals surface area contributed by atoms with Gasteiger partial charge in [-0.05, 0) is 59.1 Å². The number of H-pyrrole nitrogens is 1. The topological polar surface area (TPSA) is 68.7 Å². The summed E-state index contributed by atoms with van der Waals surface area (Å²) in [5.41, 5.74) is 5.31. The van der Waals surface area contributed by atoms with Crippen molar-refractivity contribution >= 4 is 40.6 Å². The summed E-state index contributed by atoms with van der Waals surface area (Å²) in [6.45, 7) is 1.72. The van der Waals surface area contributed by atoms with E-state index in [1.807, 2.05) is 30.3 Å². The van der Waals surface area contributed by atoms with Gasteiger partial charge in [0.15, 0.2) is 5.69 Å². The Balaban J connectivity index is 0.00000182. The summed E-state index contributed by atoms with van der Waals surface area (Å²) in [6, 6.07) is 9.60. The Bertz CT molecular complexity index is 951. The first-order valence-corrected chi connectivity index (χ1v) is 8.13. The fraction of sp³-hybridized carbons (Fsp3) is 0.222. The second-order valence-electron chi connectivity index (χ2n) is 6.21. The third kappa shape index (κ3) is 2.88. The summed E-state index contributed by atoms with van der Waals surface area (Å²) in [5.74, 6) is -0.177. The lowest BCUT2D eigenvalue weighted by molar-refractivity contribution is 0.314. The highest BCUT2D eigenvalue weighted by Gasteiger charge is 2.24. The Morgan fingerprint density at radius 3 is 2.64 bits per heavy atom. The largest absolute Gasteiger partial charge is 0.493 e. The summed E-state index contributed by atoms with van der Waals surface area (Å²) in [5, 5.41) is 14.4. The first-order valence-electron chi connectivity index (χ1n) is 7.75. The molecule has 0 bridgehead atoms. The van der Waals surface area contributed by atoms with Gasteiger partial charge in [-0.25, -0.2) is 0 Å². The molecule has 25 heavy (non-hydrogen) atoms. The van der Waals surface area contributed by atoms with Crippen molar-refractivity contribution in [3.8, 4) is 17.0 Å². The fourth-order valence-electron chi connectivity index (χ4n) is 3.51. The Morgan fingerprint density at radius 1 is 1.24 bits per heavy atom. The van der Waals surface area contributed by atoms with E-state index in [0.717, 1.165) is 41.7 Å². The zero-order chi connectivity index (χ0) is 16.8. The first-order chi connectivity index (χ1) is 11.6. The van der Waals surface area contributed by atoms with Gasteiger partial charge >= 0.3 is 0 Å². The molecule has 7 heteroatoms. The molecule has 0 radical (unpaired) electrons. The highest BCUT2D eigenvalue weighted by molar-refractivity contribution is 6.30. The molecule has 3 aromatic rings. The second kappa shape index (κ2) is 6.67. The summed E-state index contributed by atoms with van der Waals surface area (Å²) in [7, 11) is 2.06. The maximum atomic E-state index is 11.2.